The maximum absolute atomic E-state index is 12.1. The van der Waals surface area contributed by atoms with Crippen LogP contribution in [0.15, 0.2) is 23.1 Å². The molecule has 0 bridgehead atoms. The van der Waals surface area contributed by atoms with Crippen LogP contribution in [-0.2, 0) is 20.3 Å². The van der Waals surface area contributed by atoms with E-state index in [-0.39, 0.29) is 11.7 Å². The topological polar surface area (TPSA) is 81.4 Å². The molecule has 0 heterocycles. The molecule has 5 nitrogen and oxygen atoms in total. The van der Waals surface area contributed by atoms with Crippen LogP contribution in [0.4, 0.5) is 5.69 Å². The Kier molecular flexibility index (Phi) is 6.52. The van der Waals surface area contributed by atoms with Gasteiger partial charge in [0, 0.05) is 25.9 Å². The van der Waals surface area contributed by atoms with Gasteiger partial charge in [-0.15, -0.1) is 0 Å². The predicted octanol–water partition coefficient (Wildman–Crippen LogP) is 0.838. The number of hydrogen-bond acceptors (Lipinski definition) is 4. The number of ether oxygens (including phenoxy) is 1. The number of carbonyl (C=O) groups excluding carboxylic acids is 1. The summed E-state index contributed by atoms with van der Waals surface area (Å²) >= 11 is 0. The van der Waals surface area contributed by atoms with Crippen molar-refractivity contribution in [1.82, 2.24) is 5.32 Å². The fourth-order valence-corrected chi connectivity index (χ4v) is 2.67. The Labute approximate surface area is 116 Å². The quantitative estimate of drug-likeness (QED) is 0.574. The third-order valence-electron chi connectivity index (χ3n) is 2.52. The van der Waals surface area contributed by atoms with Crippen molar-refractivity contribution >= 4 is 22.4 Å². The van der Waals surface area contributed by atoms with Gasteiger partial charge in [0.05, 0.1) is 15.7 Å². The molecule has 1 atom stereocenters. The summed E-state index contributed by atoms with van der Waals surface area (Å²) in [6.07, 6.45) is 0.738. The summed E-state index contributed by atoms with van der Waals surface area (Å²) in [7, 11) is 0.198. The maximum atomic E-state index is 12.1. The number of carbonyl (C=O) groups is 1. The van der Waals surface area contributed by atoms with Gasteiger partial charge in [-0.1, -0.05) is 6.07 Å². The second-order valence-corrected chi connectivity index (χ2v) is 5.65. The predicted molar refractivity (Wildman–Crippen MR) is 76.4 cm³/mol. The fourth-order valence-electron chi connectivity index (χ4n) is 1.53. The molecule has 0 saturated heterocycles. The molecular weight excluding hydrogens is 264 g/mol. The molecule has 6 heteroatoms. The summed E-state index contributed by atoms with van der Waals surface area (Å²) in [6, 6.07) is 5.31. The van der Waals surface area contributed by atoms with Crippen molar-refractivity contribution in [2.75, 3.05) is 31.7 Å². The van der Waals surface area contributed by atoms with Gasteiger partial charge < -0.3 is 15.8 Å². The number of benzene rings is 1. The third-order valence-corrected chi connectivity index (χ3v) is 3.89. The molecule has 0 aromatic heterocycles. The van der Waals surface area contributed by atoms with Gasteiger partial charge in [0.25, 0.3) is 0 Å². The molecule has 0 aliphatic heterocycles. The van der Waals surface area contributed by atoms with E-state index in [4.69, 9.17) is 10.5 Å². The highest BCUT2D eigenvalue weighted by molar-refractivity contribution is 7.86. The molecule has 3 N–H and O–H groups in total. The van der Waals surface area contributed by atoms with E-state index in [0.29, 0.717) is 23.7 Å². The molecule has 106 valence electrons. The molecule has 1 aromatic carbocycles. The fraction of sp³-hybridized carbons (Fsp3) is 0.462. The molecule has 1 unspecified atom stereocenters. The van der Waals surface area contributed by atoms with Crippen molar-refractivity contribution in [3.05, 3.63) is 23.8 Å². The standard InChI is InChI=1S/C13H20N2O3S/c1-10-4-5-11(14)12(8-10)19(17)9-13(16)15-6-3-7-18-2/h4-5,8H,3,6-7,9,14H2,1-2H3,(H,15,16). The van der Waals surface area contributed by atoms with E-state index in [1.807, 2.05) is 13.0 Å². The van der Waals surface area contributed by atoms with Crippen molar-refractivity contribution in [3.8, 4) is 0 Å². The Morgan fingerprint density at radius 2 is 2.21 bits per heavy atom. The lowest BCUT2D eigenvalue weighted by molar-refractivity contribution is -0.118. The van der Waals surface area contributed by atoms with E-state index in [2.05, 4.69) is 5.32 Å². The van der Waals surface area contributed by atoms with Gasteiger partial charge in [0.2, 0.25) is 5.91 Å². The van der Waals surface area contributed by atoms with E-state index in [9.17, 15) is 9.00 Å². The van der Waals surface area contributed by atoms with Crippen LogP contribution in [0.25, 0.3) is 0 Å². The van der Waals surface area contributed by atoms with Crippen LogP contribution in [0, 0.1) is 6.92 Å². The highest BCUT2D eigenvalue weighted by Crippen LogP contribution is 2.17. The number of nitrogens with one attached hydrogen (secondary N) is 1. The number of amides is 1. The lowest BCUT2D eigenvalue weighted by Crippen LogP contribution is -2.29. The minimum Gasteiger partial charge on any atom is -0.398 e. The first-order valence-electron chi connectivity index (χ1n) is 6.04. The molecule has 0 aliphatic carbocycles. The summed E-state index contributed by atoms with van der Waals surface area (Å²) in [5, 5.41) is 2.70. The van der Waals surface area contributed by atoms with Gasteiger partial charge in [0.1, 0.15) is 5.75 Å². The molecule has 0 fully saturated rings. The smallest absolute Gasteiger partial charge is 0.233 e. The maximum Gasteiger partial charge on any atom is 0.233 e. The number of anilines is 1. The van der Waals surface area contributed by atoms with Crippen LogP contribution in [-0.4, -0.2) is 36.1 Å². The zero-order valence-corrected chi connectivity index (χ0v) is 12.1. The van der Waals surface area contributed by atoms with Gasteiger partial charge in [-0.3, -0.25) is 9.00 Å². The van der Waals surface area contributed by atoms with Crippen LogP contribution in [0.5, 0.6) is 0 Å². The monoisotopic (exact) mass is 284 g/mol. The van der Waals surface area contributed by atoms with E-state index >= 15 is 0 Å². The lowest BCUT2D eigenvalue weighted by Gasteiger charge is -2.08. The normalized spacial score (nSPS) is 12.1. The van der Waals surface area contributed by atoms with E-state index in [0.717, 1.165) is 12.0 Å². The number of hydrogen-bond donors (Lipinski definition) is 2. The summed E-state index contributed by atoms with van der Waals surface area (Å²) in [5.74, 6) is -0.309. The summed E-state index contributed by atoms with van der Waals surface area (Å²) in [5.41, 5.74) is 7.19. The average Bonchev–Trinajstić information content (AvgIpc) is 2.37. The Balaban J connectivity index is 2.50. The SMILES string of the molecule is COCCCNC(=O)CS(=O)c1cc(C)ccc1N. The molecule has 0 saturated carbocycles. The minimum atomic E-state index is -1.41. The molecule has 1 aromatic rings. The Hall–Kier alpha value is -1.40. The first-order valence-corrected chi connectivity index (χ1v) is 7.36. The van der Waals surface area contributed by atoms with Crippen molar-refractivity contribution < 1.29 is 13.7 Å². The first kappa shape index (κ1) is 15.7. The Bertz CT molecular complexity index is 463. The van der Waals surface area contributed by atoms with Gasteiger partial charge in [-0.25, -0.2) is 0 Å². The van der Waals surface area contributed by atoms with Gasteiger partial charge >= 0.3 is 0 Å². The highest BCUT2D eigenvalue weighted by Gasteiger charge is 2.12. The van der Waals surface area contributed by atoms with Crippen molar-refractivity contribution in [3.63, 3.8) is 0 Å². The number of rotatable bonds is 7. The molecule has 0 spiro atoms. The minimum absolute atomic E-state index is 0.0688. The first-order chi connectivity index (χ1) is 9.04. The van der Waals surface area contributed by atoms with Crippen LogP contribution >= 0.6 is 0 Å². The zero-order chi connectivity index (χ0) is 14.3. The van der Waals surface area contributed by atoms with Crippen LogP contribution < -0.4 is 11.1 Å². The van der Waals surface area contributed by atoms with Gasteiger partial charge in [-0.05, 0) is 31.0 Å². The molecule has 0 aliphatic rings. The molecule has 1 rings (SSSR count). The van der Waals surface area contributed by atoms with Crippen LogP contribution in [0.1, 0.15) is 12.0 Å². The summed E-state index contributed by atoms with van der Waals surface area (Å²) in [6.45, 7) is 3.01. The average molecular weight is 284 g/mol. The van der Waals surface area contributed by atoms with Gasteiger partial charge in [-0.2, -0.15) is 0 Å². The molecule has 1 amide bonds. The van der Waals surface area contributed by atoms with Crippen LogP contribution in [0.3, 0.4) is 0 Å². The van der Waals surface area contributed by atoms with Crippen molar-refractivity contribution in [1.29, 1.82) is 0 Å². The second kappa shape index (κ2) is 7.91. The van der Waals surface area contributed by atoms with E-state index in [1.165, 1.54) is 0 Å². The second-order valence-electron chi connectivity index (χ2n) is 4.23. The molecule has 19 heavy (non-hydrogen) atoms. The van der Waals surface area contributed by atoms with E-state index in [1.54, 1.807) is 19.2 Å². The number of nitrogens with two attached hydrogens (primary N) is 1. The van der Waals surface area contributed by atoms with E-state index < -0.39 is 10.8 Å². The van der Waals surface area contributed by atoms with Gasteiger partial charge in [0.15, 0.2) is 0 Å². The zero-order valence-electron chi connectivity index (χ0n) is 11.3. The molecule has 0 radical (unpaired) electrons. The third kappa shape index (κ3) is 5.40. The Morgan fingerprint density at radius 1 is 1.47 bits per heavy atom. The lowest BCUT2D eigenvalue weighted by atomic mass is 10.2. The van der Waals surface area contributed by atoms with Crippen LogP contribution in [0.2, 0.25) is 0 Å². The number of aryl methyl sites for hydroxylation is 1. The van der Waals surface area contributed by atoms with Crippen molar-refractivity contribution in [2.24, 2.45) is 0 Å². The molecular formula is C13H20N2O3S. The Morgan fingerprint density at radius 3 is 2.89 bits per heavy atom. The van der Waals surface area contributed by atoms with Crippen molar-refractivity contribution in [2.45, 2.75) is 18.2 Å². The summed E-state index contributed by atoms with van der Waals surface area (Å²) < 4.78 is 16.9. The summed E-state index contributed by atoms with van der Waals surface area (Å²) in [4.78, 5) is 12.1. The number of nitrogen functional groups attached to an aromatic ring is 1. The number of methoxy groups -OCH3 is 1. The largest absolute Gasteiger partial charge is 0.398 e. The highest BCUT2D eigenvalue weighted by atomic mass is 32.2.